The largest absolute Gasteiger partial charge is 0.477 e. The quantitative estimate of drug-likeness (QED) is 0.291. The molecular formula is C24H29N7O6S2. The Hall–Kier alpha value is -3.59. The average Bonchev–Trinajstić information content (AvgIpc) is 3.28. The molecule has 1 aromatic heterocycles. The van der Waals surface area contributed by atoms with Gasteiger partial charge in [0.25, 0.3) is 5.91 Å². The van der Waals surface area contributed by atoms with Gasteiger partial charge in [-0.05, 0) is 47.9 Å². The Kier molecular flexibility index (Phi) is 8.49. The molecule has 4 rings (SSSR count). The highest BCUT2D eigenvalue weighted by Gasteiger charge is 2.54. The van der Waals surface area contributed by atoms with Crippen molar-refractivity contribution in [2.75, 3.05) is 11.5 Å². The molecule has 1 saturated heterocycles. The van der Waals surface area contributed by atoms with Gasteiger partial charge in [0, 0.05) is 25.1 Å². The molecule has 2 aliphatic heterocycles. The zero-order valence-electron chi connectivity index (χ0n) is 21.8. The third kappa shape index (κ3) is 6.71. The van der Waals surface area contributed by atoms with Gasteiger partial charge in [0.15, 0.2) is 0 Å². The highest BCUT2D eigenvalue weighted by Crippen LogP contribution is 2.41. The van der Waals surface area contributed by atoms with Gasteiger partial charge in [0.2, 0.25) is 11.1 Å². The molecule has 15 heteroatoms. The van der Waals surface area contributed by atoms with Crippen molar-refractivity contribution in [2.45, 2.75) is 55.9 Å². The summed E-state index contributed by atoms with van der Waals surface area (Å²) in [4.78, 5) is 51.2. The molecule has 208 valence electrons. The van der Waals surface area contributed by atoms with Crippen molar-refractivity contribution in [3.63, 3.8) is 0 Å². The van der Waals surface area contributed by atoms with Crippen LogP contribution in [0.3, 0.4) is 0 Å². The van der Waals surface area contributed by atoms with E-state index >= 15 is 0 Å². The fourth-order valence-electron chi connectivity index (χ4n) is 4.07. The second-order valence-electron chi connectivity index (χ2n) is 9.89. The number of benzene rings is 1. The Balaban J connectivity index is 1.37. The number of rotatable bonds is 9. The number of nitrogens with zero attached hydrogens (tertiary/aromatic N) is 5. The van der Waals surface area contributed by atoms with Crippen molar-refractivity contribution >= 4 is 47.4 Å². The maximum Gasteiger partial charge on any atom is 0.407 e. The van der Waals surface area contributed by atoms with Crippen LogP contribution in [-0.4, -0.2) is 82.6 Å². The second-order valence-corrected chi connectivity index (χ2v) is 11.9. The maximum atomic E-state index is 13.0. The molecule has 3 N–H and O–H groups in total. The number of aryl methyl sites for hydroxylation is 1. The average molecular weight is 576 g/mol. The molecule has 0 spiro atoms. The number of hydrogen-bond acceptors (Lipinski definition) is 10. The van der Waals surface area contributed by atoms with Gasteiger partial charge in [-0.1, -0.05) is 36.0 Å². The van der Waals surface area contributed by atoms with E-state index in [4.69, 9.17) is 4.74 Å². The van der Waals surface area contributed by atoms with E-state index in [1.165, 1.54) is 33.1 Å². The Morgan fingerprint density at radius 2 is 1.95 bits per heavy atom. The Labute approximate surface area is 233 Å². The highest BCUT2D eigenvalue weighted by molar-refractivity contribution is 8.01. The number of carboxylic acids is 1. The number of ether oxygens (including phenoxy) is 1. The van der Waals surface area contributed by atoms with Gasteiger partial charge in [0.1, 0.15) is 22.7 Å². The van der Waals surface area contributed by atoms with Crippen LogP contribution in [-0.2, 0) is 39.1 Å². The standard InChI is InChI=1S/C24H29N7O6S2/c1-24(2,3)37-23(36)25-10-14-8-6-5-7-13(14)9-16(32)26-17-19(33)31-18(21(34)35)15(11-38-20(17)31)12-39-22-27-28-29-30(22)4/h5-8,17,20H,9-12H2,1-4H3,(H,25,36)(H,26,32)(H,34,35)/t17?,20-/m1/s1. The summed E-state index contributed by atoms with van der Waals surface area (Å²) in [6.07, 6.45) is -0.577. The minimum Gasteiger partial charge on any atom is -0.477 e. The minimum absolute atomic E-state index is 0.0113. The molecule has 13 nitrogen and oxygen atoms in total. The molecule has 3 heterocycles. The van der Waals surface area contributed by atoms with Crippen LogP contribution >= 0.6 is 23.5 Å². The molecule has 2 aromatic rings. The van der Waals surface area contributed by atoms with Gasteiger partial charge in [-0.2, -0.15) is 0 Å². The SMILES string of the molecule is Cn1nnnc1SCC1=C(C(=O)O)N2C(=O)C(NC(=O)Cc3ccccc3CNC(=O)OC(C)(C)C)[C@H]2SC1. The van der Waals surface area contributed by atoms with Crippen molar-refractivity contribution in [3.8, 4) is 0 Å². The summed E-state index contributed by atoms with van der Waals surface area (Å²) < 4.78 is 6.74. The normalized spacial score (nSPS) is 18.8. The topological polar surface area (TPSA) is 169 Å². The molecule has 2 atom stereocenters. The number of thioether (sulfide) groups is 2. The monoisotopic (exact) mass is 575 g/mol. The lowest BCUT2D eigenvalue weighted by Crippen LogP contribution is -2.70. The molecule has 0 bridgehead atoms. The number of aliphatic carboxylic acids is 1. The fourth-order valence-corrected chi connectivity index (χ4v) is 6.41. The van der Waals surface area contributed by atoms with Gasteiger partial charge >= 0.3 is 12.1 Å². The summed E-state index contributed by atoms with van der Waals surface area (Å²) in [5.41, 5.74) is 1.32. The zero-order valence-corrected chi connectivity index (χ0v) is 23.5. The van der Waals surface area contributed by atoms with E-state index in [1.54, 1.807) is 52.1 Å². The first-order valence-corrected chi connectivity index (χ1v) is 14.1. The lowest BCUT2D eigenvalue weighted by molar-refractivity contribution is -0.150. The van der Waals surface area contributed by atoms with Gasteiger partial charge in [0.05, 0.1) is 6.42 Å². The predicted octanol–water partition coefficient (Wildman–Crippen LogP) is 1.31. The Morgan fingerprint density at radius 3 is 2.59 bits per heavy atom. The molecule has 2 aliphatic rings. The lowest BCUT2D eigenvalue weighted by Gasteiger charge is -2.49. The number of hydrogen-bond donors (Lipinski definition) is 3. The van der Waals surface area contributed by atoms with E-state index in [2.05, 4.69) is 26.2 Å². The number of carbonyl (C=O) groups excluding carboxylic acids is 3. The Bertz CT molecular complexity index is 1320. The number of amides is 3. The molecule has 0 saturated carbocycles. The van der Waals surface area contributed by atoms with Crippen molar-refractivity contribution in [1.82, 2.24) is 35.7 Å². The molecule has 1 fully saturated rings. The summed E-state index contributed by atoms with van der Waals surface area (Å²) in [6.45, 7) is 5.48. The van der Waals surface area contributed by atoms with Crippen LogP contribution in [0, 0.1) is 0 Å². The number of β-lactam (4-membered cyclic amide) rings is 1. The zero-order chi connectivity index (χ0) is 28.3. The van der Waals surface area contributed by atoms with E-state index < -0.39 is 35.0 Å². The first-order chi connectivity index (χ1) is 18.4. The molecule has 1 aromatic carbocycles. The molecule has 3 amide bonds. The van der Waals surface area contributed by atoms with E-state index in [-0.39, 0.29) is 24.6 Å². The third-order valence-corrected chi connectivity index (χ3v) is 8.25. The molecule has 0 radical (unpaired) electrons. The van der Waals surface area contributed by atoms with Crippen LogP contribution in [0.5, 0.6) is 0 Å². The van der Waals surface area contributed by atoms with E-state index in [0.717, 1.165) is 5.56 Å². The predicted molar refractivity (Wildman–Crippen MR) is 142 cm³/mol. The molecule has 39 heavy (non-hydrogen) atoms. The van der Waals surface area contributed by atoms with E-state index in [1.807, 2.05) is 0 Å². The van der Waals surface area contributed by atoms with Crippen molar-refractivity contribution in [1.29, 1.82) is 0 Å². The van der Waals surface area contributed by atoms with Crippen LogP contribution in [0.15, 0.2) is 40.7 Å². The summed E-state index contributed by atoms with van der Waals surface area (Å²) >= 11 is 2.68. The number of carbonyl (C=O) groups is 4. The number of nitrogens with one attached hydrogen (secondary N) is 2. The number of carboxylic acid groups (broad SMARTS) is 1. The number of tetrazole rings is 1. The van der Waals surface area contributed by atoms with E-state index in [9.17, 15) is 24.3 Å². The number of alkyl carbamates (subject to hydrolysis) is 1. The maximum absolute atomic E-state index is 13.0. The van der Waals surface area contributed by atoms with Gasteiger partial charge in [-0.25, -0.2) is 14.3 Å². The third-order valence-electron chi connectivity index (χ3n) is 5.81. The van der Waals surface area contributed by atoms with E-state index in [0.29, 0.717) is 27.8 Å². The summed E-state index contributed by atoms with van der Waals surface area (Å²) in [5, 5.41) is 26.5. The van der Waals surface area contributed by atoms with Gasteiger partial charge in [-0.3, -0.25) is 14.5 Å². The van der Waals surface area contributed by atoms with Crippen LogP contribution in [0.1, 0.15) is 31.9 Å². The minimum atomic E-state index is -1.20. The summed E-state index contributed by atoms with van der Waals surface area (Å²) in [5.74, 6) is -1.35. The van der Waals surface area contributed by atoms with Gasteiger partial charge in [-0.15, -0.1) is 16.9 Å². The number of fused-ring (bicyclic) bond motifs is 1. The first-order valence-electron chi connectivity index (χ1n) is 12.0. The van der Waals surface area contributed by atoms with Crippen LogP contribution in [0.2, 0.25) is 0 Å². The first kappa shape index (κ1) is 28.4. The molecule has 1 unspecified atom stereocenters. The Morgan fingerprint density at radius 1 is 1.23 bits per heavy atom. The van der Waals surface area contributed by atoms with Crippen molar-refractivity contribution < 1.29 is 29.0 Å². The van der Waals surface area contributed by atoms with Crippen LogP contribution in [0.4, 0.5) is 4.79 Å². The summed E-state index contributed by atoms with van der Waals surface area (Å²) in [7, 11) is 1.68. The van der Waals surface area contributed by atoms with Crippen molar-refractivity contribution in [3.05, 3.63) is 46.7 Å². The van der Waals surface area contributed by atoms with Gasteiger partial charge < -0.3 is 20.5 Å². The lowest BCUT2D eigenvalue weighted by atomic mass is 10.0. The fraction of sp³-hybridized carbons (Fsp3) is 0.458. The van der Waals surface area contributed by atoms with Crippen molar-refractivity contribution in [2.24, 2.45) is 7.05 Å². The summed E-state index contributed by atoms with van der Waals surface area (Å²) in [6, 6.07) is 6.33. The highest BCUT2D eigenvalue weighted by atomic mass is 32.2. The smallest absolute Gasteiger partial charge is 0.407 e. The number of aromatic nitrogens is 4. The second kappa shape index (κ2) is 11.7. The van der Waals surface area contributed by atoms with Crippen LogP contribution in [0.25, 0.3) is 0 Å². The van der Waals surface area contributed by atoms with Crippen LogP contribution < -0.4 is 10.6 Å². The molecule has 0 aliphatic carbocycles. The molecular weight excluding hydrogens is 546 g/mol.